The fraction of sp³-hybridized carbons (Fsp3) is 0.300. The minimum absolute atomic E-state index is 0.0406. The van der Waals surface area contributed by atoms with Crippen LogP contribution in [-0.2, 0) is 11.3 Å². The molecule has 2 aromatic heterocycles. The number of nitrogens with zero attached hydrogens (tertiary/aromatic N) is 4. The molecule has 0 unspecified atom stereocenters. The van der Waals surface area contributed by atoms with Crippen molar-refractivity contribution in [1.82, 2.24) is 19.3 Å². The fourth-order valence-electron chi connectivity index (χ4n) is 2.85. The summed E-state index contributed by atoms with van der Waals surface area (Å²) in [5.41, 5.74) is 0.0660. The minimum atomic E-state index is -0.424. The molecule has 0 aliphatic carbocycles. The van der Waals surface area contributed by atoms with Crippen LogP contribution in [0.5, 0.6) is 0 Å². The quantitative estimate of drug-likeness (QED) is 0.558. The number of carbonyl (C=O) groups excluding carboxylic acids is 1. The fourth-order valence-corrected chi connectivity index (χ4v) is 3.27. The van der Waals surface area contributed by atoms with E-state index in [1.165, 1.54) is 9.25 Å². The van der Waals surface area contributed by atoms with Crippen LogP contribution in [0.4, 0.5) is 0 Å². The summed E-state index contributed by atoms with van der Waals surface area (Å²) in [5, 5.41) is 4.97. The number of aromatic nitrogens is 4. The number of Topliss-reactive ketones (excluding diaryl/α,β-unsaturated/α-hetero) is 1. The molecule has 0 atom stereocenters. The predicted molar refractivity (Wildman–Crippen MR) is 113 cm³/mol. The van der Waals surface area contributed by atoms with Crippen LogP contribution in [0.15, 0.2) is 51.9 Å². The number of ketones is 1. The molecule has 1 aromatic carbocycles. The summed E-state index contributed by atoms with van der Waals surface area (Å²) >= 11 is 9.44. The topological polar surface area (TPSA) is 69.8 Å². The van der Waals surface area contributed by atoms with E-state index >= 15 is 0 Å². The van der Waals surface area contributed by atoms with Gasteiger partial charge in [-0.1, -0.05) is 44.5 Å². The van der Waals surface area contributed by atoms with Crippen LogP contribution in [0, 0.1) is 5.41 Å². The van der Waals surface area contributed by atoms with Gasteiger partial charge in [-0.2, -0.15) is 4.68 Å². The third-order valence-corrected chi connectivity index (χ3v) is 4.64. The molecule has 0 saturated carbocycles. The van der Waals surface area contributed by atoms with Crippen LogP contribution in [-0.4, -0.2) is 25.1 Å². The van der Waals surface area contributed by atoms with E-state index in [1.807, 2.05) is 20.8 Å². The van der Waals surface area contributed by atoms with Gasteiger partial charge in [0.25, 0.3) is 0 Å². The molecule has 0 spiro atoms. The van der Waals surface area contributed by atoms with Crippen molar-refractivity contribution in [3.8, 4) is 17.2 Å². The van der Waals surface area contributed by atoms with Crippen molar-refractivity contribution < 1.29 is 4.79 Å². The van der Waals surface area contributed by atoms with Crippen molar-refractivity contribution in [2.75, 3.05) is 0 Å². The van der Waals surface area contributed by atoms with Gasteiger partial charge in [0.05, 0.1) is 6.54 Å². The van der Waals surface area contributed by atoms with Crippen LogP contribution in [0.25, 0.3) is 17.2 Å². The maximum Gasteiger partial charge on any atom is 0.352 e. The Morgan fingerprint density at radius 3 is 2.57 bits per heavy atom. The molecule has 0 amide bonds. The van der Waals surface area contributed by atoms with Gasteiger partial charge >= 0.3 is 5.69 Å². The molecule has 28 heavy (non-hydrogen) atoms. The SMILES string of the molecule is CC(C)(C)CC(=O)Cn1c(-c2cccc(Cl)c2)nn(-c2ccc(Br)cn2)c1=O. The van der Waals surface area contributed by atoms with E-state index in [0.29, 0.717) is 28.6 Å². The summed E-state index contributed by atoms with van der Waals surface area (Å²) in [6.07, 6.45) is 1.95. The minimum Gasteiger partial charge on any atom is -0.298 e. The Morgan fingerprint density at radius 1 is 1.21 bits per heavy atom. The van der Waals surface area contributed by atoms with E-state index in [2.05, 4.69) is 26.0 Å². The molecule has 6 nitrogen and oxygen atoms in total. The first kappa shape index (κ1) is 20.5. The standard InChI is InChI=1S/C20H20BrClN4O2/c1-20(2,3)10-16(27)12-25-18(13-5-4-6-15(22)9-13)24-26(19(25)28)17-8-7-14(21)11-23-17/h4-9,11H,10,12H2,1-3H3. The van der Waals surface area contributed by atoms with Crippen molar-refractivity contribution in [2.45, 2.75) is 33.7 Å². The molecule has 8 heteroatoms. The summed E-state index contributed by atoms with van der Waals surface area (Å²) in [7, 11) is 0. The summed E-state index contributed by atoms with van der Waals surface area (Å²) in [6.45, 7) is 5.90. The molecular weight excluding hydrogens is 444 g/mol. The maximum absolute atomic E-state index is 13.1. The van der Waals surface area contributed by atoms with Gasteiger partial charge in [0.15, 0.2) is 17.4 Å². The monoisotopic (exact) mass is 462 g/mol. The second-order valence-corrected chi connectivity index (χ2v) is 9.08. The van der Waals surface area contributed by atoms with Crippen LogP contribution < -0.4 is 5.69 Å². The van der Waals surface area contributed by atoms with Crippen LogP contribution in [0.3, 0.4) is 0 Å². The smallest absolute Gasteiger partial charge is 0.298 e. The van der Waals surface area contributed by atoms with Crippen molar-refractivity contribution >= 4 is 33.3 Å². The molecular formula is C20H20BrClN4O2. The Balaban J connectivity index is 2.11. The largest absolute Gasteiger partial charge is 0.352 e. The Morgan fingerprint density at radius 2 is 1.96 bits per heavy atom. The van der Waals surface area contributed by atoms with Gasteiger partial charge in [-0.3, -0.25) is 9.36 Å². The molecule has 0 fully saturated rings. The number of pyridine rings is 1. The number of hydrogen-bond donors (Lipinski definition) is 0. The zero-order valence-electron chi connectivity index (χ0n) is 15.8. The van der Waals surface area contributed by atoms with E-state index in [0.717, 1.165) is 4.47 Å². The number of halogens is 2. The Hall–Kier alpha value is -2.25. The van der Waals surface area contributed by atoms with Crippen molar-refractivity contribution in [2.24, 2.45) is 5.41 Å². The number of carbonyl (C=O) groups is 1. The first-order valence-corrected chi connectivity index (χ1v) is 9.90. The Labute approximate surface area is 176 Å². The van der Waals surface area contributed by atoms with Crippen molar-refractivity contribution in [3.63, 3.8) is 0 Å². The second kappa shape index (κ2) is 8.01. The first-order chi connectivity index (χ1) is 13.1. The summed E-state index contributed by atoms with van der Waals surface area (Å²) < 4.78 is 3.37. The van der Waals surface area contributed by atoms with Gasteiger partial charge in [-0.05, 0) is 45.6 Å². The van der Waals surface area contributed by atoms with Gasteiger partial charge in [-0.25, -0.2) is 9.78 Å². The van der Waals surface area contributed by atoms with Gasteiger partial charge in [0.2, 0.25) is 0 Å². The van der Waals surface area contributed by atoms with Crippen LogP contribution in [0.2, 0.25) is 5.02 Å². The average molecular weight is 464 g/mol. The molecule has 0 aliphatic rings. The van der Waals surface area contributed by atoms with Gasteiger partial charge in [0, 0.05) is 27.7 Å². The number of rotatable bonds is 5. The maximum atomic E-state index is 13.1. The lowest BCUT2D eigenvalue weighted by molar-refractivity contribution is -0.121. The highest BCUT2D eigenvalue weighted by atomic mass is 79.9. The summed E-state index contributed by atoms with van der Waals surface area (Å²) in [4.78, 5) is 29.9. The Bertz CT molecular complexity index is 1070. The molecule has 0 saturated heterocycles. The van der Waals surface area contributed by atoms with Crippen molar-refractivity contribution in [1.29, 1.82) is 0 Å². The molecule has 3 rings (SSSR count). The average Bonchev–Trinajstić information content (AvgIpc) is 2.91. The highest BCUT2D eigenvalue weighted by molar-refractivity contribution is 9.10. The number of hydrogen-bond acceptors (Lipinski definition) is 4. The molecule has 0 bridgehead atoms. The molecule has 3 aromatic rings. The predicted octanol–water partition coefficient (Wildman–Crippen LogP) is 4.52. The van der Waals surface area contributed by atoms with Crippen molar-refractivity contribution in [3.05, 3.63) is 62.6 Å². The highest BCUT2D eigenvalue weighted by Gasteiger charge is 2.22. The van der Waals surface area contributed by atoms with Crippen LogP contribution >= 0.6 is 27.5 Å². The summed E-state index contributed by atoms with van der Waals surface area (Å²) in [6, 6.07) is 10.5. The van der Waals surface area contributed by atoms with E-state index in [1.54, 1.807) is 42.6 Å². The lowest BCUT2D eigenvalue weighted by Crippen LogP contribution is -2.28. The number of benzene rings is 1. The van der Waals surface area contributed by atoms with Gasteiger partial charge in [0.1, 0.15) is 0 Å². The third kappa shape index (κ3) is 4.77. The van der Waals surface area contributed by atoms with Gasteiger partial charge in [-0.15, -0.1) is 5.10 Å². The lowest BCUT2D eigenvalue weighted by Gasteiger charge is -2.17. The molecule has 0 radical (unpaired) electrons. The molecule has 146 valence electrons. The third-order valence-electron chi connectivity index (χ3n) is 3.94. The first-order valence-electron chi connectivity index (χ1n) is 8.73. The van der Waals surface area contributed by atoms with E-state index < -0.39 is 5.69 Å². The van der Waals surface area contributed by atoms with Gasteiger partial charge < -0.3 is 0 Å². The highest BCUT2D eigenvalue weighted by Crippen LogP contribution is 2.23. The zero-order valence-corrected chi connectivity index (χ0v) is 18.2. The molecule has 0 aliphatic heterocycles. The summed E-state index contributed by atoms with van der Waals surface area (Å²) in [5.74, 6) is 0.708. The normalized spacial score (nSPS) is 11.6. The van der Waals surface area contributed by atoms with E-state index in [4.69, 9.17) is 11.6 Å². The second-order valence-electron chi connectivity index (χ2n) is 7.73. The molecule has 0 N–H and O–H groups in total. The zero-order chi connectivity index (χ0) is 20.5. The lowest BCUT2D eigenvalue weighted by atomic mass is 9.90. The van der Waals surface area contributed by atoms with Crippen LogP contribution in [0.1, 0.15) is 27.2 Å². The van der Waals surface area contributed by atoms with E-state index in [9.17, 15) is 9.59 Å². The van der Waals surface area contributed by atoms with E-state index in [-0.39, 0.29) is 17.7 Å². The molecule has 2 heterocycles. The Kier molecular flexibility index (Phi) is 5.86.